The van der Waals surface area contributed by atoms with Gasteiger partial charge in [-0.05, 0) is 42.4 Å². The quantitative estimate of drug-likeness (QED) is 0.262. The lowest BCUT2D eigenvalue weighted by Crippen LogP contribution is -2.48. The summed E-state index contributed by atoms with van der Waals surface area (Å²) < 4.78 is 27.7. The monoisotopic (exact) mass is 594 g/mol. The summed E-state index contributed by atoms with van der Waals surface area (Å²) in [7, 11) is 0. The van der Waals surface area contributed by atoms with Crippen molar-refractivity contribution in [1.29, 1.82) is 0 Å². The van der Waals surface area contributed by atoms with Gasteiger partial charge in [0.2, 0.25) is 0 Å². The maximum Gasteiger partial charge on any atom is 0.307 e. The molecule has 0 radical (unpaired) electrons. The summed E-state index contributed by atoms with van der Waals surface area (Å²) in [6.07, 6.45) is -4.82. The summed E-state index contributed by atoms with van der Waals surface area (Å²) in [6, 6.07) is 0. The first kappa shape index (κ1) is 34.7. The SMILES string of the molecule is CC(=O)OC/C1=C\[C@H](O)[C@H]2C[C@H](OC(C)=O)C(C)=C([C@@H](OC(C)=O)/C(OC(C)=O)=C(\C)[C@@H](OC(C)=O)C[C@@H]1O)C2(C)C. The molecule has 2 aliphatic carbocycles. The van der Waals surface area contributed by atoms with Crippen LogP contribution in [0.1, 0.15) is 75.2 Å². The van der Waals surface area contributed by atoms with Crippen LogP contribution in [0.15, 0.2) is 34.1 Å². The molecule has 0 spiro atoms. The molecule has 2 aliphatic rings. The number of fused-ring (bicyclic) bond motifs is 2. The van der Waals surface area contributed by atoms with E-state index >= 15 is 0 Å². The largest absolute Gasteiger partial charge is 0.461 e. The molecule has 0 aromatic rings. The second-order valence-electron chi connectivity index (χ2n) is 11.3. The van der Waals surface area contributed by atoms with E-state index in [0.29, 0.717) is 11.1 Å². The zero-order valence-corrected chi connectivity index (χ0v) is 25.6. The van der Waals surface area contributed by atoms with Crippen molar-refractivity contribution in [3.05, 3.63) is 34.1 Å². The molecule has 0 heterocycles. The smallest absolute Gasteiger partial charge is 0.307 e. The lowest BCUT2D eigenvalue weighted by molar-refractivity contribution is -0.152. The predicted octanol–water partition coefficient (Wildman–Crippen LogP) is 2.60. The van der Waals surface area contributed by atoms with Crippen LogP contribution in [0.4, 0.5) is 0 Å². The van der Waals surface area contributed by atoms with Crippen molar-refractivity contribution in [2.75, 3.05) is 6.61 Å². The van der Waals surface area contributed by atoms with Crippen molar-refractivity contribution >= 4 is 29.8 Å². The minimum absolute atomic E-state index is 0.140. The van der Waals surface area contributed by atoms with Gasteiger partial charge in [-0.2, -0.15) is 0 Å². The first-order valence-electron chi connectivity index (χ1n) is 13.7. The number of aliphatic hydroxyl groups is 2. The highest BCUT2D eigenvalue weighted by Gasteiger charge is 2.50. The maximum absolute atomic E-state index is 12.5. The van der Waals surface area contributed by atoms with Crippen LogP contribution in [0.2, 0.25) is 0 Å². The van der Waals surface area contributed by atoms with E-state index < -0.39 is 71.7 Å². The average Bonchev–Trinajstić information content (AvgIpc) is 2.83. The molecule has 0 saturated heterocycles. The van der Waals surface area contributed by atoms with Gasteiger partial charge in [0.1, 0.15) is 18.8 Å². The van der Waals surface area contributed by atoms with Crippen molar-refractivity contribution in [1.82, 2.24) is 0 Å². The number of aliphatic hydroxyl groups excluding tert-OH is 2. The van der Waals surface area contributed by atoms with Gasteiger partial charge in [-0.3, -0.25) is 24.0 Å². The highest BCUT2D eigenvalue weighted by molar-refractivity contribution is 5.70. The molecule has 12 nitrogen and oxygen atoms in total. The van der Waals surface area contributed by atoms with Gasteiger partial charge in [0.25, 0.3) is 0 Å². The molecule has 2 N–H and O–H groups in total. The zero-order chi connectivity index (χ0) is 32.1. The number of carbonyl (C=O) groups excluding carboxylic acids is 5. The van der Waals surface area contributed by atoms with E-state index in [2.05, 4.69) is 0 Å². The first-order valence-corrected chi connectivity index (χ1v) is 13.7. The summed E-state index contributed by atoms with van der Waals surface area (Å²) in [4.78, 5) is 60.8. The van der Waals surface area contributed by atoms with E-state index in [-0.39, 0.29) is 36.4 Å². The number of ether oxygens (including phenoxy) is 5. The van der Waals surface area contributed by atoms with E-state index in [1.54, 1.807) is 20.8 Å². The summed E-state index contributed by atoms with van der Waals surface area (Å²) >= 11 is 0. The molecule has 0 fully saturated rings. The Kier molecular flexibility index (Phi) is 11.7. The average molecular weight is 595 g/mol. The maximum atomic E-state index is 12.5. The Morgan fingerprint density at radius 3 is 1.79 bits per heavy atom. The van der Waals surface area contributed by atoms with Gasteiger partial charge in [0.05, 0.1) is 12.2 Å². The van der Waals surface area contributed by atoms with Gasteiger partial charge in [-0.15, -0.1) is 0 Å². The third kappa shape index (κ3) is 8.51. The van der Waals surface area contributed by atoms with Crippen LogP contribution in [0.25, 0.3) is 0 Å². The molecule has 234 valence electrons. The molecule has 0 aliphatic heterocycles. The fourth-order valence-electron chi connectivity index (χ4n) is 5.74. The molecule has 0 unspecified atom stereocenters. The highest BCUT2D eigenvalue weighted by Crippen LogP contribution is 2.51. The van der Waals surface area contributed by atoms with Crippen molar-refractivity contribution in [3.8, 4) is 0 Å². The summed E-state index contributed by atoms with van der Waals surface area (Å²) in [6.45, 7) is 12.4. The summed E-state index contributed by atoms with van der Waals surface area (Å²) in [5, 5.41) is 22.9. The number of rotatable bonds is 6. The van der Waals surface area contributed by atoms with Crippen LogP contribution >= 0.6 is 0 Å². The lowest BCUT2D eigenvalue weighted by atomic mass is 9.60. The fraction of sp³-hybridized carbons (Fsp3) is 0.633. The lowest BCUT2D eigenvalue weighted by Gasteiger charge is -2.48. The summed E-state index contributed by atoms with van der Waals surface area (Å²) in [5.41, 5.74) is 0.234. The normalized spacial score (nSPS) is 30.9. The molecule has 2 rings (SSSR count). The van der Waals surface area contributed by atoms with E-state index in [9.17, 15) is 34.2 Å². The second kappa shape index (κ2) is 14.1. The third-order valence-corrected chi connectivity index (χ3v) is 7.63. The van der Waals surface area contributed by atoms with Crippen molar-refractivity contribution < 1.29 is 57.9 Å². The predicted molar refractivity (Wildman–Crippen MR) is 147 cm³/mol. The molecule has 0 saturated carbocycles. The molecule has 12 heteroatoms. The van der Waals surface area contributed by atoms with Gasteiger partial charge in [-0.1, -0.05) is 19.9 Å². The Morgan fingerprint density at radius 1 is 0.786 bits per heavy atom. The molecule has 0 aromatic carbocycles. The van der Waals surface area contributed by atoms with Crippen LogP contribution in [0.5, 0.6) is 0 Å². The second-order valence-corrected chi connectivity index (χ2v) is 11.3. The Labute approximate surface area is 245 Å². The van der Waals surface area contributed by atoms with Crippen molar-refractivity contribution in [2.24, 2.45) is 11.3 Å². The molecule has 0 amide bonds. The van der Waals surface area contributed by atoms with Gasteiger partial charge < -0.3 is 33.9 Å². The molecular formula is C30H42O12. The van der Waals surface area contributed by atoms with E-state index in [0.717, 1.165) is 13.8 Å². The first-order chi connectivity index (χ1) is 19.4. The summed E-state index contributed by atoms with van der Waals surface area (Å²) in [5.74, 6) is -4.24. The number of hydrogen-bond donors (Lipinski definition) is 2. The van der Waals surface area contributed by atoms with E-state index in [4.69, 9.17) is 23.7 Å². The Bertz CT molecular complexity index is 1190. The number of hydrogen-bond acceptors (Lipinski definition) is 12. The zero-order valence-electron chi connectivity index (χ0n) is 25.6. The molecule has 42 heavy (non-hydrogen) atoms. The van der Waals surface area contributed by atoms with Crippen LogP contribution in [0.3, 0.4) is 0 Å². The van der Waals surface area contributed by atoms with Crippen LogP contribution in [0, 0.1) is 11.3 Å². The number of esters is 5. The molecule has 0 aromatic heterocycles. The Hall–Kier alpha value is -3.51. The molecule has 6 atom stereocenters. The number of carbonyl (C=O) groups is 5. The van der Waals surface area contributed by atoms with Crippen LogP contribution < -0.4 is 0 Å². The van der Waals surface area contributed by atoms with Gasteiger partial charge in [0, 0.05) is 52.5 Å². The van der Waals surface area contributed by atoms with Gasteiger partial charge >= 0.3 is 29.8 Å². The molecular weight excluding hydrogens is 552 g/mol. The molecule has 2 bridgehead atoms. The highest BCUT2D eigenvalue weighted by atomic mass is 16.6. The van der Waals surface area contributed by atoms with Gasteiger partial charge in [-0.25, -0.2) is 0 Å². The third-order valence-electron chi connectivity index (χ3n) is 7.63. The fourth-order valence-corrected chi connectivity index (χ4v) is 5.74. The van der Waals surface area contributed by atoms with E-state index in [1.807, 2.05) is 0 Å². The topological polar surface area (TPSA) is 172 Å². The van der Waals surface area contributed by atoms with E-state index in [1.165, 1.54) is 33.8 Å². The minimum Gasteiger partial charge on any atom is -0.461 e. The van der Waals surface area contributed by atoms with Crippen LogP contribution in [-0.4, -0.2) is 77.2 Å². The van der Waals surface area contributed by atoms with Crippen molar-refractivity contribution in [3.63, 3.8) is 0 Å². The van der Waals surface area contributed by atoms with Gasteiger partial charge in [0.15, 0.2) is 11.9 Å². The minimum atomic E-state index is -1.39. The standard InChI is InChI=1S/C30H42O12/c1-14-25(39-17(4)32)11-22-24(37)10-21(13-38-16(3)31)23(36)12-26(40-18(5)33)15(2)28(41-19(6)34)29(42-20(7)35)27(14)30(22,8)9/h10,22-26,29,36-37H,11-13H2,1-9H3/b21-10+,28-15-/t22-,23+,24+,25+,26+,29-/m1/s1. The Morgan fingerprint density at radius 2 is 1.31 bits per heavy atom. The van der Waals surface area contributed by atoms with Crippen molar-refractivity contribution in [2.45, 2.75) is 106 Å². The van der Waals surface area contributed by atoms with Crippen LogP contribution in [-0.2, 0) is 47.7 Å². The Balaban J connectivity index is 3.05.